The average molecular weight is 807 g/mol. The Morgan fingerprint density at radius 2 is 0.967 bits per heavy atom. The van der Waals surface area contributed by atoms with Gasteiger partial charge in [-0.1, -0.05) is 109 Å². The van der Waals surface area contributed by atoms with Gasteiger partial charge in [-0.15, -0.1) is 0 Å². The Labute approximate surface area is 346 Å². The van der Waals surface area contributed by atoms with Gasteiger partial charge in [-0.25, -0.2) is 19.6 Å². The first-order chi connectivity index (χ1) is 29.2. The largest absolute Gasteiger partial charge is 0.465 e. The summed E-state index contributed by atoms with van der Waals surface area (Å²) in [4.78, 5) is 70.2. The van der Waals surface area contributed by atoms with E-state index in [0.29, 0.717) is 35.9 Å². The lowest BCUT2D eigenvalue weighted by Gasteiger charge is -2.28. The summed E-state index contributed by atoms with van der Waals surface area (Å²) in [7, 11) is 0. The Bertz CT molecular complexity index is 2260. The van der Waals surface area contributed by atoms with E-state index in [-0.39, 0.29) is 23.9 Å². The van der Waals surface area contributed by atoms with Crippen molar-refractivity contribution in [2.75, 3.05) is 13.1 Å². The minimum atomic E-state index is -1.26. The number of likely N-dealkylation sites (tertiary alicyclic amines) is 2. The monoisotopic (exact) mass is 806 g/mol. The molecule has 4 aromatic carbocycles. The van der Waals surface area contributed by atoms with Crippen LogP contribution in [0.1, 0.15) is 83.8 Å². The number of amides is 4. The van der Waals surface area contributed by atoms with Gasteiger partial charge < -0.3 is 40.6 Å². The van der Waals surface area contributed by atoms with E-state index in [1.54, 1.807) is 70.7 Å². The molecule has 2 saturated heterocycles. The zero-order valence-corrected chi connectivity index (χ0v) is 32.8. The second-order valence-corrected chi connectivity index (χ2v) is 15.2. The van der Waals surface area contributed by atoms with Crippen LogP contribution in [0, 0.1) is 0 Å². The third kappa shape index (κ3) is 8.77. The van der Waals surface area contributed by atoms with Crippen molar-refractivity contribution in [1.29, 1.82) is 0 Å². The van der Waals surface area contributed by atoms with E-state index in [1.165, 1.54) is 11.1 Å². The van der Waals surface area contributed by atoms with Crippen LogP contribution in [0.4, 0.5) is 9.59 Å². The van der Waals surface area contributed by atoms with Gasteiger partial charge in [0.1, 0.15) is 23.7 Å². The number of carboxylic acid groups (broad SMARTS) is 2. The molecule has 4 atom stereocenters. The second kappa shape index (κ2) is 17.7. The SMILES string of the molecule is O=C(O)NC(C(=O)N1CCCC1c1ncc(-c2ccc(CCc3ccc(-c4cnc([C@@H]5CCCN5C(=O)[C@H](NC(=O)O)c5ccccc5)[nH]4)cc3)cc2)[nH]1)c1ccccc1. The number of benzene rings is 4. The number of hydrogen-bond donors (Lipinski definition) is 6. The summed E-state index contributed by atoms with van der Waals surface area (Å²) in [6, 6.07) is 31.9. The lowest BCUT2D eigenvalue weighted by molar-refractivity contribution is -0.135. The van der Waals surface area contributed by atoms with Crippen molar-refractivity contribution in [2.45, 2.75) is 62.7 Å². The topological polar surface area (TPSA) is 197 Å². The molecule has 60 heavy (non-hydrogen) atoms. The highest BCUT2D eigenvalue weighted by Crippen LogP contribution is 2.36. The van der Waals surface area contributed by atoms with Gasteiger partial charge in [-0.05, 0) is 71.9 Å². The molecular formula is C46H46N8O6. The molecule has 4 heterocycles. The van der Waals surface area contributed by atoms with Crippen LogP contribution in [-0.4, -0.2) is 77.0 Å². The fourth-order valence-electron chi connectivity index (χ4n) is 8.37. The summed E-state index contributed by atoms with van der Waals surface area (Å²) < 4.78 is 0. The minimum absolute atomic E-state index is 0.287. The summed E-state index contributed by atoms with van der Waals surface area (Å²) in [6.45, 7) is 1.03. The van der Waals surface area contributed by atoms with Gasteiger partial charge in [-0.2, -0.15) is 0 Å². The first-order valence-corrected chi connectivity index (χ1v) is 20.2. The van der Waals surface area contributed by atoms with Gasteiger partial charge in [0.2, 0.25) is 0 Å². The van der Waals surface area contributed by atoms with Crippen LogP contribution in [0.3, 0.4) is 0 Å². The second-order valence-electron chi connectivity index (χ2n) is 15.2. The predicted octanol–water partition coefficient (Wildman–Crippen LogP) is 7.60. The molecule has 0 bridgehead atoms. The van der Waals surface area contributed by atoms with Gasteiger partial charge in [0, 0.05) is 13.1 Å². The average Bonchev–Trinajstić information content (AvgIpc) is 4.12. The van der Waals surface area contributed by atoms with Crippen LogP contribution < -0.4 is 10.6 Å². The van der Waals surface area contributed by atoms with Crippen LogP contribution in [-0.2, 0) is 22.4 Å². The number of aryl methyl sites for hydroxylation is 2. The highest BCUT2D eigenvalue weighted by molar-refractivity contribution is 5.88. The molecule has 6 N–H and O–H groups in total. The number of aromatic nitrogens is 4. The number of carbonyl (C=O) groups is 4. The van der Waals surface area contributed by atoms with Gasteiger partial charge in [0.25, 0.3) is 11.8 Å². The smallest absolute Gasteiger partial charge is 0.405 e. The molecule has 14 nitrogen and oxygen atoms in total. The summed E-state index contributed by atoms with van der Waals surface area (Å²) in [6.07, 6.45) is 5.78. The zero-order chi connectivity index (χ0) is 41.6. The molecular weight excluding hydrogens is 761 g/mol. The summed E-state index contributed by atoms with van der Waals surface area (Å²) in [5, 5.41) is 23.8. The molecule has 2 aliphatic rings. The van der Waals surface area contributed by atoms with Crippen molar-refractivity contribution in [3.05, 3.63) is 155 Å². The van der Waals surface area contributed by atoms with Crippen molar-refractivity contribution in [1.82, 2.24) is 40.4 Å². The fourth-order valence-corrected chi connectivity index (χ4v) is 8.37. The zero-order valence-electron chi connectivity index (χ0n) is 32.8. The lowest BCUT2D eigenvalue weighted by atomic mass is 10.0. The lowest BCUT2D eigenvalue weighted by Crippen LogP contribution is -2.42. The number of nitrogens with one attached hydrogen (secondary N) is 4. The van der Waals surface area contributed by atoms with E-state index in [4.69, 9.17) is 0 Å². The van der Waals surface area contributed by atoms with Crippen LogP contribution >= 0.6 is 0 Å². The summed E-state index contributed by atoms with van der Waals surface area (Å²) in [5.41, 5.74) is 7.20. The standard InChI is InChI=1S/C46H46N8O6/c55-43(39(51-45(57)58)33-9-3-1-4-10-33)53-25-7-13-37(53)41-47-27-35(49-41)31-21-17-29(18-22-31)15-16-30-19-23-32(24-20-30)36-28-48-42(50-36)38-14-8-26-54(38)44(56)40(52-46(59)60)34-11-5-2-6-12-34/h1-6,9-12,17-24,27-28,37-40,51-52H,7-8,13-16,25-26H2,(H,47,49)(H,48,50)(H,57,58)(H,59,60)/t37-,38?,39+,40?/m0/s1. The van der Waals surface area contributed by atoms with E-state index < -0.39 is 24.3 Å². The molecule has 14 heteroatoms. The third-order valence-electron chi connectivity index (χ3n) is 11.4. The maximum atomic E-state index is 13.7. The number of carbonyl (C=O) groups excluding carboxylic acids is 2. The number of rotatable bonds is 13. The molecule has 2 fully saturated rings. The number of nitrogens with zero attached hydrogens (tertiary/aromatic N) is 4. The normalized spacial score (nSPS) is 17.3. The first kappa shape index (κ1) is 39.6. The molecule has 8 rings (SSSR count). The van der Waals surface area contributed by atoms with E-state index >= 15 is 0 Å². The molecule has 0 spiro atoms. The van der Waals surface area contributed by atoms with E-state index in [0.717, 1.165) is 61.0 Å². The summed E-state index contributed by atoms with van der Waals surface area (Å²) in [5.74, 6) is 0.753. The maximum Gasteiger partial charge on any atom is 0.405 e. The Balaban J connectivity index is 0.869. The Morgan fingerprint density at radius 3 is 1.33 bits per heavy atom. The molecule has 2 aliphatic heterocycles. The number of imidazole rings is 2. The number of hydrogen-bond acceptors (Lipinski definition) is 6. The van der Waals surface area contributed by atoms with Crippen LogP contribution in [0.5, 0.6) is 0 Å². The number of H-pyrrole nitrogens is 2. The molecule has 0 saturated carbocycles. The fraction of sp³-hybridized carbons (Fsp3) is 0.261. The molecule has 306 valence electrons. The highest BCUT2D eigenvalue weighted by Gasteiger charge is 2.38. The third-order valence-corrected chi connectivity index (χ3v) is 11.4. The molecule has 2 aromatic heterocycles. The van der Waals surface area contributed by atoms with Gasteiger partial charge in [-0.3, -0.25) is 9.59 Å². The van der Waals surface area contributed by atoms with E-state index in [2.05, 4.69) is 79.1 Å². The summed E-state index contributed by atoms with van der Waals surface area (Å²) >= 11 is 0. The van der Waals surface area contributed by atoms with Crippen molar-refractivity contribution < 1.29 is 29.4 Å². The highest BCUT2D eigenvalue weighted by atomic mass is 16.4. The minimum Gasteiger partial charge on any atom is -0.465 e. The van der Waals surface area contributed by atoms with Crippen molar-refractivity contribution in [3.63, 3.8) is 0 Å². The van der Waals surface area contributed by atoms with Crippen LogP contribution in [0.25, 0.3) is 22.5 Å². The molecule has 4 amide bonds. The van der Waals surface area contributed by atoms with Crippen molar-refractivity contribution in [3.8, 4) is 22.5 Å². The molecule has 0 aliphatic carbocycles. The van der Waals surface area contributed by atoms with Crippen molar-refractivity contribution >= 4 is 24.0 Å². The van der Waals surface area contributed by atoms with Crippen LogP contribution in [0.15, 0.2) is 122 Å². The van der Waals surface area contributed by atoms with Gasteiger partial charge in [0.15, 0.2) is 0 Å². The molecule has 2 unspecified atom stereocenters. The predicted molar refractivity (Wildman–Crippen MR) is 224 cm³/mol. The number of aromatic amines is 2. The molecule has 0 radical (unpaired) electrons. The Morgan fingerprint density at radius 1 is 0.583 bits per heavy atom. The Hall–Kier alpha value is -7.22. The van der Waals surface area contributed by atoms with Crippen molar-refractivity contribution in [2.24, 2.45) is 0 Å². The molecule has 6 aromatic rings. The quantitative estimate of drug-likeness (QED) is 0.0686. The van der Waals surface area contributed by atoms with E-state index in [1.807, 2.05) is 12.1 Å². The van der Waals surface area contributed by atoms with Gasteiger partial charge in [0.05, 0.1) is 35.9 Å². The first-order valence-electron chi connectivity index (χ1n) is 20.2. The van der Waals surface area contributed by atoms with Crippen LogP contribution in [0.2, 0.25) is 0 Å². The Kier molecular flexibility index (Phi) is 11.7. The van der Waals surface area contributed by atoms with Gasteiger partial charge >= 0.3 is 12.2 Å². The maximum absolute atomic E-state index is 13.7. The van der Waals surface area contributed by atoms with E-state index in [9.17, 15) is 29.4 Å².